The molecule has 0 atom stereocenters. The van der Waals surface area contributed by atoms with Crippen molar-refractivity contribution in [3.05, 3.63) is 61.7 Å². The fourth-order valence-electron chi connectivity index (χ4n) is 1.67. The second-order valence-corrected chi connectivity index (χ2v) is 5.13. The molecule has 0 aliphatic rings. The van der Waals surface area contributed by atoms with Crippen LogP contribution in [0.4, 0.5) is 11.4 Å². The maximum absolute atomic E-state index is 10.8. The van der Waals surface area contributed by atoms with Crippen LogP contribution in [0.2, 0.25) is 0 Å². The van der Waals surface area contributed by atoms with E-state index in [-0.39, 0.29) is 11.4 Å². The molecule has 0 fully saturated rings. The number of nitro benzene ring substituents is 1. The van der Waals surface area contributed by atoms with Crippen LogP contribution in [0.1, 0.15) is 5.56 Å². The molecule has 2 aromatic rings. The molecule has 0 bridgehead atoms. The summed E-state index contributed by atoms with van der Waals surface area (Å²) in [6.07, 6.45) is 0. The van der Waals surface area contributed by atoms with Gasteiger partial charge in [-0.1, -0.05) is 12.1 Å². The largest absolute Gasteiger partial charge is 0.488 e. The Bertz CT molecular complexity index is 634. The highest BCUT2D eigenvalue weighted by atomic mass is 127. The highest BCUT2D eigenvalue weighted by Crippen LogP contribution is 2.26. The number of benzene rings is 2. The summed E-state index contributed by atoms with van der Waals surface area (Å²) in [6, 6.07) is 12.3. The highest BCUT2D eigenvalue weighted by molar-refractivity contribution is 14.1. The molecule has 7 heteroatoms. The zero-order valence-electron chi connectivity index (χ0n) is 10.4. The van der Waals surface area contributed by atoms with Crippen molar-refractivity contribution in [1.82, 2.24) is 0 Å². The number of nitro groups is 1. The Hall–Kier alpha value is -1.87. The van der Waals surface area contributed by atoms with E-state index in [1.165, 1.54) is 6.07 Å². The third kappa shape index (κ3) is 3.36. The Labute approximate surface area is 129 Å². The van der Waals surface area contributed by atoms with Crippen LogP contribution in [0, 0.1) is 13.7 Å². The lowest BCUT2D eigenvalue weighted by atomic mass is 10.2. The second-order valence-electron chi connectivity index (χ2n) is 3.97. The first-order chi connectivity index (χ1) is 9.61. The van der Waals surface area contributed by atoms with E-state index in [0.717, 1.165) is 14.9 Å². The molecule has 20 heavy (non-hydrogen) atoms. The molecule has 0 unspecified atom stereocenters. The van der Waals surface area contributed by atoms with Gasteiger partial charge < -0.3 is 10.2 Å². The van der Waals surface area contributed by atoms with E-state index < -0.39 is 4.92 Å². The van der Waals surface area contributed by atoms with Crippen molar-refractivity contribution in [2.75, 3.05) is 5.43 Å². The molecule has 104 valence electrons. The monoisotopic (exact) mass is 385 g/mol. The Morgan fingerprint density at radius 3 is 2.70 bits per heavy atom. The fourth-order valence-corrected chi connectivity index (χ4v) is 2.21. The quantitative estimate of drug-likeness (QED) is 0.357. The number of nitrogens with zero attached hydrogens (tertiary/aromatic N) is 1. The van der Waals surface area contributed by atoms with Gasteiger partial charge in [0.25, 0.3) is 5.69 Å². The van der Waals surface area contributed by atoms with Crippen LogP contribution in [0.3, 0.4) is 0 Å². The van der Waals surface area contributed by atoms with Gasteiger partial charge in [0.15, 0.2) is 0 Å². The van der Waals surface area contributed by atoms with Crippen LogP contribution in [-0.4, -0.2) is 4.92 Å². The summed E-state index contributed by atoms with van der Waals surface area (Å²) < 4.78 is 6.68. The molecule has 0 radical (unpaired) electrons. The van der Waals surface area contributed by atoms with Crippen molar-refractivity contribution >= 4 is 34.0 Å². The van der Waals surface area contributed by atoms with Gasteiger partial charge in [0.2, 0.25) is 0 Å². The van der Waals surface area contributed by atoms with Crippen molar-refractivity contribution in [3.63, 3.8) is 0 Å². The molecular weight excluding hydrogens is 373 g/mol. The maximum atomic E-state index is 10.8. The molecule has 0 aliphatic carbocycles. The van der Waals surface area contributed by atoms with Crippen LogP contribution in [0.5, 0.6) is 5.75 Å². The number of anilines is 1. The predicted molar refractivity (Wildman–Crippen MR) is 84.4 cm³/mol. The minimum Gasteiger partial charge on any atom is -0.488 e. The SMILES string of the molecule is NNc1cc(COc2ccccc2I)ccc1[N+](=O)[O-]. The van der Waals surface area contributed by atoms with E-state index in [2.05, 4.69) is 28.0 Å². The van der Waals surface area contributed by atoms with Gasteiger partial charge in [-0.25, -0.2) is 0 Å². The number of para-hydroxylation sites is 1. The summed E-state index contributed by atoms with van der Waals surface area (Å²) >= 11 is 2.18. The van der Waals surface area contributed by atoms with Crippen LogP contribution in [-0.2, 0) is 6.61 Å². The molecule has 3 N–H and O–H groups in total. The molecule has 0 saturated carbocycles. The Kier molecular flexibility index (Phi) is 4.74. The van der Waals surface area contributed by atoms with Gasteiger partial charge in [-0.2, -0.15) is 0 Å². The first-order valence-electron chi connectivity index (χ1n) is 5.73. The molecular formula is C13H12IN3O3. The third-order valence-electron chi connectivity index (χ3n) is 2.64. The minimum absolute atomic E-state index is 0.0643. The first kappa shape index (κ1) is 14.5. The van der Waals surface area contributed by atoms with Crippen molar-refractivity contribution in [2.24, 2.45) is 5.84 Å². The van der Waals surface area contributed by atoms with Gasteiger partial charge in [0, 0.05) is 6.07 Å². The van der Waals surface area contributed by atoms with Gasteiger partial charge in [-0.15, -0.1) is 0 Å². The zero-order chi connectivity index (χ0) is 14.5. The molecule has 0 heterocycles. The second kappa shape index (κ2) is 6.53. The summed E-state index contributed by atoms with van der Waals surface area (Å²) in [5.41, 5.74) is 3.32. The lowest BCUT2D eigenvalue weighted by Gasteiger charge is -2.09. The molecule has 0 amide bonds. The minimum atomic E-state index is -0.486. The van der Waals surface area contributed by atoms with E-state index in [0.29, 0.717) is 6.61 Å². The van der Waals surface area contributed by atoms with E-state index >= 15 is 0 Å². The molecule has 2 rings (SSSR count). The summed E-state index contributed by atoms with van der Waals surface area (Å²) in [5, 5.41) is 10.8. The summed E-state index contributed by atoms with van der Waals surface area (Å²) in [6.45, 7) is 0.312. The summed E-state index contributed by atoms with van der Waals surface area (Å²) in [4.78, 5) is 10.3. The Balaban J connectivity index is 2.15. The normalized spacial score (nSPS) is 10.1. The first-order valence-corrected chi connectivity index (χ1v) is 6.81. The number of halogens is 1. The van der Waals surface area contributed by atoms with E-state index in [4.69, 9.17) is 10.6 Å². The highest BCUT2D eigenvalue weighted by Gasteiger charge is 2.13. The zero-order valence-corrected chi connectivity index (χ0v) is 12.5. The van der Waals surface area contributed by atoms with E-state index in [9.17, 15) is 10.1 Å². The number of nitrogens with one attached hydrogen (secondary N) is 1. The predicted octanol–water partition coefficient (Wildman–Crippen LogP) is 3.06. The van der Waals surface area contributed by atoms with Gasteiger partial charge >= 0.3 is 0 Å². The smallest absolute Gasteiger partial charge is 0.293 e. The third-order valence-corrected chi connectivity index (χ3v) is 3.54. The van der Waals surface area contributed by atoms with Gasteiger partial charge in [0.1, 0.15) is 18.0 Å². The lowest BCUT2D eigenvalue weighted by molar-refractivity contribution is -0.384. The standard InChI is InChI=1S/C13H12IN3O3/c14-10-3-1-2-4-13(10)20-8-9-5-6-12(17(18)19)11(7-9)16-15/h1-7,16H,8,15H2. The molecule has 6 nitrogen and oxygen atoms in total. The molecule has 0 spiro atoms. The number of rotatable bonds is 5. The maximum Gasteiger partial charge on any atom is 0.293 e. The van der Waals surface area contributed by atoms with Crippen LogP contribution >= 0.6 is 22.6 Å². The number of ether oxygens (including phenoxy) is 1. The van der Waals surface area contributed by atoms with Crippen LogP contribution < -0.4 is 16.0 Å². The van der Waals surface area contributed by atoms with Crippen LogP contribution in [0.25, 0.3) is 0 Å². The van der Waals surface area contributed by atoms with E-state index in [1.807, 2.05) is 24.3 Å². The number of nitrogen functional groups attached to an aromatic ring is 1. The van der Waals surface area contributed by atoms with Crippen molar-refractivity contribution in [2.45, 2.75) is 6.61 Å². The number of hydrazine groups is 1. The summed E-state index contributed by atoms with van der Waals surface area (Å²) in [7, 11) is 0. The van der Waals surface area contributed by atoms with Crippen molar-refractivity contribution < 1.29 is 9.66 Å². The van der Waals surface area contributed by atoms with E-state index in [1.54, 1.807) is 12.1 Å². The number of hydrogen-bond acceptors (Lipinski definition) is 5. The molecule has 0 saturated heterocycles. The molecule has 0 aromatic heterocycles. The van der Waals surface area contributed by atoms with Crippen molar-refractivity contribution in [1.29, 1.82) is 0 Å². The number of hydrogen-bond donors (Lipinski definition) is 2. The lowest BCUT2D eigenvalue weighted by Crippen LogP contribution is -2.10. The van der Waals surface area contributed by atoms with Crippen LogP contribution in [0.15, 0.2) is 42.5 Å². The number of nitrogens with two attached hydrogens (primary N) is 1. The molecule has 2 aromatic carbocycles. The van der Waals surface area contributed by atoms with Gasteiger partial charge in [0.05, 0.1) is 8.49 Å². The van der Waals surface area contributed by atoms with Crippen molar-refractivity contribution in [3.8, 4) is 5.75 Å². The Morgan fingerprint density at radius 1 is 1.30 bits per heavy atom. The Morgan fingerprint density at radius 2 is 2.05 bits per heavy atom. The fraction of sp³-hybridized carbons (Fsp3) is 0.0769. The van der Waals surface area contributed by atoms with Gasteiger partial charge in [-0.05, 0) is 52.4 Å². The molecule has 0 aliphatic heterocycles. The topological polar surface area (TPSA) is 90.4 Å². The average molecular weight is 385 g/mol. The average Bonchev–Trinajstić information content (AvgIpc) is 2.46. The van der Waals surface area contributed by atoms with Gasteiger partial charge in [-0.3, -0.25) is 16.0 Å². The summed E-state index contributed by atoms with van der Waals surface area (Å²) in [5.74, 6) is 6.06.